The van der Waals surface area contributed by atoms with Gasteiger partial charge < -0.3 is 15.2 Å². The molecule has 0 amide bonds. The average molecular weight is 470 g/mol. The van der Waals surface area contributed by atoms with Crippen LogP contribution in [0.1, 0.15) is 31.1 Å². The zero-order chi connectivity index (χ0) is 23.2. The van der Waals surface area contributed by atoms with Crippen molar-refractivity contribution in [2.45, 2.75) is 38.0 Å². The van der Waals surface area contributed by atoms with Crippen molar-refractivity contribution < 1.29 is 36.2 Å². The number of rotatable bonds is 5. The highest BCUT2D eigenvalue weighted by Gasteiger charge is 2.36. The molecular formula is C17H14ClF6N5O2. The van der Waals surface area contributed by atoms with Crippen molar-refractivity contribution in [3.63, 3.8) is 0 Å². The van der Waals surface area contributed by atoms with Crippen LogP contribution in [0.2, 0.25) is 5.02 Å². The minimum Gasteiger partial charge on any atom is -0.406 e. The van der Waals surface area contributed by atoms with Crippen LogP contribution in [0.15, 0.2) is 30.6 Å². The Bertz CT molecular complexity index is 1090. The molecular weight excluding hydrogens is 456 g/mol. The van der Waals surface area contributed by atoms with E-state index in [1.807, 2.05) is 0 Å². The Morgan fingerprint density at radius 1 is 1.13 bits per heavy atom. The van der Waals surface area contributed by atoms with E-state index in [9.17, 15) is 31.4 Å². The molecule has 0 saturated carbocycles. The Morgan fingerprint density at radius 3 is 2.35 bits per heavy atom. The molecule has 31 heavy (non-hydrogen) atoms. The summed E-state index contributed by atoms with van der Waals surface area (Å²) in [6.45, 7) is 2.68. The molecule has 1 unspecified atom stereocenters. The Kier molecular flexibility index (Phi) is 5.69. The molecule has 14 heteroatoms. The number of benzene rings is 1. The highest BCUT2D eigenvalue weighted by molar-refractivity contribution is 6.31. The minimum atomic E-state index is -4.94. The molecule has 2 aromatic heterocycles. The summed E-state index contributed by atoms with van der Waals surface area (Å²) in [6.07, 6.45) is -8.74. The zero-order valence-corrected chi connectivity index (χ0v) is 16.5. The molecule has 0 spiro atoms. The molecule has 2 N–H and O–H groups in total. The van der Waals surface area contributed by atoms with Crippen LogP contribution in [0.4, 0.5) is 32.2 Å². The standard InChI is InChI=1S/C17H14ClF6N5O2/c1-15(2,30)13(9-4-3-8(5-10(9)18)31-17(22,23)24)28-12-6-11(16(19,20)21)27-14-25-7-26-29(12)14/h3-7,13,28,30H,1-2H3. The predicted molar refractivity (Wildman–Crippen MR) is 96.6 cm³/mol. The number of ether oxygens (including phenoxy) is 1. The van der Waals surface area contributed by atoms with Crippen LogP contribution < -0.4 is 10.1 Å². The molecule has 168 valence electrons. The van der Waals surface area contributed by atoms with Gasteiger partial charge in [-0.2, -0.15) is 27.8 Å². The normalized spacial score (nSPS) is 14.0. The summed E-state index contributed by atoms with van der Waals surface area (Å²) < 4.78 is 81.7. The summed E-state index contributed by atoms with van der Waals surface area (Å²) in [4.78, 5) is 7.03. The highest BCUT2D eigenvalue weighted by Crippen LogP contribution is 2.37. The van der Waals surface area contributed by atoms with Crippen LogP contribution in [-0.2, 0) is 6.18 Å². The maximum atomic E-state index is 13.2. The first kappa shape index (κ1) is 22.9. The molecule has 2 heterocycles. The van der Waals surface area contributed by atoms with Gasteiger partial charge in [0.1, 0.15) is 17.9 Å². The second kappa shape index (κ2) is 7.71. The van der Waals surface area contributed by atoms with Crippen molar-refractivity contribution in [3.05, 3.63) is 46.9 Å². The van der Waals surface area contributed by atoms with Gasteiger partial charge in [-0.05, 0) is 31.5 Å². The quantitative estimate of drug-likeness (QED) is 0.531. The largest absolute Gasteiger partial charge is 0.573 e. The Labute approximate surface area is 175 Å². The van der Waals surface area contributed by atoms with Gasteiger partial charge in [0.05, 0.1) is 11.6 Å². The fraction of sp³-hybridized carbons (Fsp3) is 0.353. The average Bonchev–Trinajstić information content (AvgIpc) is 3.06. The lowest BCUT2D eigenvalue weighted by Gasteiger charge is -2.32. The van der Waals surface area contributed by atoms with Gasteiger partial charge in [0.15, 0.2) is 5.69 Å². The summed E-state index contributed by atoms with van der Waals surface area (Å²) in [7, 11) is 0. The molecule has 3 aromatic rings. The van der Waals surface area contributed by atoms with Crippen molar-refractivity contribution in [3.8, 4) is 5.75 Å². The number of aromatic nitrogens is 4. The lowest BCUT2D eigenvalue weighted by Crippen LogP contribution is -2.35. The highest BCUT2D eigenvalue weighted by atomic mass is 35.5. The first-order chi connectivity index (χ1) is 14.1. The fourth-order valence-corrected chi connectivity index (χ4v) is 3.06. The van der Waals surface area contributed by atoms with Crippen LogP contribution in [0.25, 0.3) is 5.78 Å². The Morgan fingerprint density at radius 2 is 1.81 bits per heavy atom. The number of fused-ring (bicyclic) bond motifs is 1. The topological polar surface area (TPSA) is 84.6 Å². The third kappa shape index (κ3) is 5.28. The molecule has 0 aliphatic rings. The molecule has 0 saturated heterocycles. The van der Waals surface area contributed by atoms with Gasteiger partial charge in [-0.15, -0.1) is 13.2 Å². The molecule has 0 bridgehead atoms. The van der Waals surface area contributed by atoms with E-state index in [0.717, 1.165) is 29.0 Å². The van der Waals surface area contributed by atoms with Crippen molar-refractivity contribution in [2.24, 2.45) is 0 Å². The maximum Gasteiger partial charge on any atom is 0.573 e. The summed E-state index contributed by atoms with van der Waals surface area (Å²) >= 11 is 6.10. The van der Waals surface area contributed by atoms with Gasteiger partial charge in [0, 0.05) is 11.1 Å². The fourth-order valence-electron chi connectivity index (χ4n) is 2.78. The van der Waals surface area contributed by atoms with Crippen LogP contribution in [-0.4, -0.2) is 36.7 Å². The maximum absolute atomic E-state index is 13.2. The van der Waals surface area contributed by atoms with Gasteiger partial charge in [-0.3, -0.25) is 0 Å². The number of halogens is 7. The summed E-state index contributed by atoms with van der Waals surface area (Å²) in [5.74, 6) is -1.18. The van der Waals surface area contributed by atoms with Crippen molar-refractivity contribution in [2.75, 3.05) is 5.32 Å². The molecule has 0 fully saturated rings. The van der Waals surface area contributed by atoms with Crippen LogP contribution >= 0.6 is 11.6 Å². The zero-order valence-electron chi connectivity index (χ0n) is 15.8. The van der Waals surface area contributed by atoms with E-state index in [2.05, 4.69) is 25.1 Å². The summed E-state index contributed by atoms with van der Waals surface area (Å²) in [5, 5.41) is 16.9. The first-order valence-corrected chi connectivity index (χ1v) is 8.85. The van der Waals surface area contributed by atoms with Gasteiger partial charge in [-0.1, -0.05) is 17.7 Å². The van der Waals surface area contributed by atoms with E-state index >= 15 is 0 Å². The van der Waals surface area contributed by atoms with E-state index in [4.69, 9.17) is 11.6 Å². The third-order valence-corrected chi connectivity index (χ3v) is 4.38. The van der Waals surface area contributed by atoms with Gasteiger partial charge in [0.2, 0.25) is 0 Å². The van der Waals surface area contributed by atoms with Crippen LogP contribution in [0, 0.1) is 0 Å². The van der Waals surface area contributed by atoms with Gasteiger partial charge in [0.25, 0.3) is 5.78 Å². The SMILES string of the molecule is CC(C)(O)C(Nc1cc(C(F)(F)F)nc2ncnn12)c1ccc(OC(F)(F)F)cc1Cl. The number of nitrogens with one attached hydrogen (secondary N) is 1. The van der Waals surface area contributed by atoms with E-state index in [1.54, 1.807) is 0 Å². The predicted octanol–water partition coefficient (Wildman–Crippen LogP) is 4.62. The summed E-state index contributed by atoms with van der Waals surface area (Å²) in [5.41, 5.74) is -2.79. The Balaban J connectivity index is 2.06. The van der Waals surface area contributed by atoms with Gasteiger partial charge >= 0.3 is 12.5 Å². The third-order valence-electron chi connectivity index (χ3n) is 4.06. The monoisotopic (exact) mass is 469 g/mol. The van der Waals surface area contributed by atoms with Gasteiger partial charge in [-0.25, -0.2) is 4.98 Å². The number of aliphatic hydroxyl groups is 1. The molecule has 1 atom stereocenters. The molecule has 0 radical (unpaired) electrons. The van der Waals surface area contributed by atoms with E-state index in [-0.39, 0.29) is 22.2 Å². The first-order valence-electron chi connectivity index (χ1n) is 8.47. The second-order valence-corrected chi connectivity index (χ2v) is 7.37. The van der Waals surface area contributed by atoms with E-state index in [1.165, 1.54) is 13.8 Å². The number of alkyl halides is 6. The number of anilines is 1. The van der Waals surface area contributed by atoms with E-state index in [0.29, 0.717) is 6.07 Å². The van der Waals surface area contributed by atoms with Crippen LogP contribution in [0.3, 0.4) is 0 Å². The molecule has 3 rings (SSSR count). The second-order valence-electron chi connectivity index (χ2n) is 6.96. The molecule has 7 nitrogen and oxygen atoms in total. The number of hydrogen-bond donors (Lipinski definition) is 2. The Hall–Kier alpha value is -2.80. The molecule has 1 aromatic carbocycles. The smallest absolute Gasteiger partial charge is 0.406 e. The number of nitrogens with zero attached hydrogens (tertiary/aromatic N) is 4. The van der Waals surface area contributed by atoms with E-state index < -0.39 is 35.6 Å². The molecule has 0 aliphatic carbocycles. The molecule has 0 aliphatic heterocycles. The minimum absolute atomic E-state index is 0.0994. The number of hydrogen-bond acceptors (Lipinski definition) is 6. The van der Waals surface area contributed by atoms with Crippen molar-refractivity contribution in [1.29, 1.82) is 0 Å². The lowest BCUT2D eigenvalue weighted by molar-refractivity contribution is -0.274. The summed E-state index contributed by atoms with van der Waals surface area (Å²) in [6, 6.07) is 2.49. The lowest BCUT2D eigenvalue weighted by atomic mass is 9.91. The van der Waals surface area contributed by atoms with Crippen molar-refractivity contribution >= 4 is 23.2 Å². The van der Waals surface area contributed by atoms with Crippen molar-refractivity contribution in [1.82, 2.24) is 19.6 Å². The van der Waals surface area contributed by atoms with Crippen LogP contribution in [0.5, 0.6) is 5.75 Å².